The smallest absolute Gasteiger partial charge is 0.240 e. The van der Waals surface area contributed by atoms with Crippen molar-refractivity contribution in [2.24, 2.45) is 5.92 Å². The third-order valence-electron chi connectivity index (χ3n) is 5.74. The third-order valence-corrected chi connectivity index (χ3v) is 7.28. The number of piperidine rings is 1. The zero-order chi connectivity index (χ0) is 18.6. The van der Waals surface area contributed by atoms with Gasteiger partial charge in [0.2, 0.25) is 15.9 Å². The summed E-state index contributed by atoms with van der Waals surface area (Å²) in [5.41, 5.74) is 1.17. The fourth-order valence-corrected chi connectivity index (χ4v) is 5.40. The molecule has 1 heterocycles. The first-order valence-electron chi connectivity index (χ1n) is 9.81. The molecule has 0 spiro atoms. The summed E-state index contributed by atoms with van der Waals surface area (Å²) in [6.07, 6.45) is 8.28. The molecule has 144 valence electrons. The van der Waals surface area contributed by atoms with Crippen molar-refractivity contribution in [1.82, 2.24) is 9.62 Å². The Morgan fingerprint density at radius 1 is 1.04 bits per heavy atom. The summed E-state index contributed by atoms with van der Waals surface area (Å²) >= 11 is 0. The van der Waals surface area contributed by atoms with Crippen molar-refractivity contribution in [3.8, 4) is 0 Å². The summed E-state index contributed by atoms with van der Waals surface area (Å²) in [7, 11) is -3.42. The highest BCUT2D eigenvalue weighted by Crippen LogP contribution is 2.23. The number of hydrogen-bond acceptors (Lipinski definition) is 3. The SMILES string of the molecule is CC(=O)N1CCC(Cc2ccc(S(=O)(=O)NC3CCCCC3)cc2)CC1. The average Bonchev–Trinajstić information content (AvgIpc) is 2.63. The molecule has 5 nitrogen and oxygen atoms in total. The number of likely N-dealkylation sites (tertiary alicyclic amines) is 1. The summed E-state index contributed by atoms with van der Waals surface area (Å²) in [5.74, 6) is 0.719. The molecule has 6 heteroatoms. The van der Waals surface area contributed by atoms with Crippen molar-refractivity contribution in [3.63, 3.8) is 0 Å². The number of rotatable bonds is 5. The Kier molecular flexibility index (Phi) is 6.35. The van der Waals surface area contributed by atoms with E-state index in [9.17, 15) is 13.2 Å². The van der Waals surface area contributed by atoms with Gasteiger partial charge in [-0.25, -0.2) is 13.1 Å². The second-order valence-corrected chi connectivity index (χ2v) is 9.47. The quantitative estimate of drug-likeness (QED) is 0.856. The lowest BCUT2D eigenvalue weighted by Crippen LogP contribution is -2.37. The summed E-state index contributed by atoms with van der Waals surface area (Å²) in [6, 6.07) is 7.41. The minimum Gasteiger partial charge on any atom is -0.343 e. The molecule has 26 heavy (non-hydrogen) atoms. The normalized spacial score (nSPS) is 20.3. The van der Waals surface area contributed by atoms with E-state index in [1.165, 1.54) is 12.0 Å². The fourth-order valence-electron chi connectivity index (χ4n) is 4.10. The third kappa shape index (κ3) is 5.07. The van der Waals surface area contributed by atoms with Crippen molar-refractivity contribution < 1.29 is 13.2 Å². The molecule has 1 aromatic carbocycles. The highest BCUT2D eigenvalue weighted by molar-refractivity contribution is 7.89. The van der Waals surface area contributed by atoms with Crippen LogP contribution in [0.3, 0.4) is 0 Å². The first-order chi connectivity index (χ1) is 12.4. The largest absolute Gasteiger partial charge is 0.343 e. The molecular formula is C20H30N2O3S. The summed E-state index contributed by atoms with van der Waals surface area (Å²) in [5, 5.41) is 0. The lowest BCUT2D eigenvalue weighted by molar-refractivity contribution is -0.130. The van der Waals surface area contributed by atoms with Gasteiger partial charge in [0.1, 0.15) is 0 Å². The maximum absolute atomic E-state index is 12.6. The van der Waals surface area contributed by atoms with Gasteiger partial charge in [-0.2, -0.15) is 0 Å². The summed E-state index contributed by atoms with van der Waals surface area (Å²) < 4.78 is 28.0. The first kappa shape index (κ1) is 19.4. The molecule has 0 bridgehead atoms. The van der Waals surface area contributed by atoms with Gasteiger partial charge in [-0.1, -0.05) is 31.4 Å². The maximum Gasteiger partial charge on any atom is 0.240 e. The highest BCUT2D eigenvalue weighted by atomic mass is 32.2. The number of sulfonamides is 1. The van der Waals surface area contributed by atoms with Crippen molar-refractivity contribution in [2.75, 3.05) is 13.1 Å². The predicted octanol–water partition coefficient (Wildman–Crippen LogP) is 3.10. The Hall–Kier alpha value is -1.40. The van der Waals surface area contributed by atoms with Gasteiger partial charge in [0.25, 0.3) is 0 Å². The molecule has 1 saturated carbocycles. The van der Waals surface area contributed by atoms with Crippen LogP contribution in [0.4, 0.5) is 0 Å². The molecular weight excluding hydrogens is 348 g/mol. The van der Waals surface area contributed by atoms with E-state index in [1.54, 1.807) is 19.1 Å². The summed E-state index contributed by atoms with van der Waals surface area (Å²) in [4.78, 5) is 13.7. The lowest BCUT2D eigenvalue weighted by Gasteiger charge is -2.31. The lowest BCUT2D eigenvalue weighted by atomic mass is 9.90. The average molecular weight is 379 g/mol. The molecule has 0 unspecified atom stereocenters. The van der Waals surface area contributed by atoms with Crippen LogP contribution in [0.15, 0.2) is 29.2 Å². The molecule has 1 aromatic rings. The van der Waals surface area contributed by atoms with Gasteiger partial charge in [0.05, 0.1) is 4.90 Å². The van der Waals surface area contributed by atoms with Crippen LogP contribution in [0.5, 0.6) is 0 Å². The number of carbonyl (C=O) groups is 1. The van der Waals surface area contributed by atoms with Gasteiger partial charge in [-0.05, 0) is 55.7 Å². The van der Waals surface area contributed by atoms with Gasteiger partial charge in [-0.3, -0.25) is 4.79 Å². The van der Waals surface area contributed by atoms with Crippen LogP contribution in [-0.4, -0.2) is 38.4 Å². The monoisotopic (exact) mass is 378 g/mol. The molecule has 1 N–H and O–H groups in total. The predicted molar refractivity (Wildman–Crippen MR) is 102 cm³/mol. The molecule has 2 aliphatic rings. The fraction of sp³-hybridized carbons (Fsp3) is 0.650. The van der Waals surface area contributed by atoms with Crippen LogP contribution < -0.4 is 4.72 Å². The van der Waals surface area contributed by atoms with Gasteiger partial charge in [0.15, 0.2) is 0 Å². The van der Waals surface area contributed by atoms with Crippen LogP contribution >= 0.6 is 0 Å². The molecule has 1 amide bonds. The van der Waals surface area contributed by atoms with Gasteiger partial charge in [0, 0.05) is 26.1 Å². The molecule has 0 aromatic heterocycles. The van der Waals surface area contributed by atoms with E-state index in [0.29, 0.717) is 10.8 Å². The van der Waals surface area contributed by atoms with E-state index in [-0.39, 0.29) is 11.9 Å². The molecule has 0 radical (unpaired) electrons. The number of amides is 1. The first-order valence-corrected chi connectivity index (χ1v) is 11.3. The van der Waals surface area contributed by atoms with E-state index in [2.05, 4.69) is 4.72 Å². The van der Waals surface area contributed by atoms with Gasteiger partial charge < -0.3 is 4.90 Å². The molecule has 1 saturated heterocycles. The van der Waals surface area contributed by atoms with E-state index in [4.69, 9.17) is 0 Å². The Balaban J connectivity index is 1.55. The van der Waals surface area contributed by atoms with Crippen LogP contribution in [0.2, 0.25) is 0 Å². The minimum absolute atomic E-state index is 0.0832. The van der Waals surface area contributed by atoms with Crippen molar-refractivity contribution in [2.45, 2.75) is 69.2 Å². The Morgan fingerprint density at radius 3 is 2.23 bits per heavy atom. The van der Waals surface area contributed by atoms with E-state index < -0.39 is 10.0 Å². The van der Waals surface area contributed by atoms with Crippen LogP contribution in [-0.2, 0) is 21.2 Å². The Morgan fingerprint density at radius 2 is 1.65 bits per heavy atom. The van der Waals surface area contributed by atoms with E-state index in [0.717, 1.165) is 58.0 Å². The number of nitrogens with one attached hydrogen (secondary N) is 1. The number of benzene rings is 1. The van der Waals surface area contributed by atoms with E-state index >= 15 is 0 Å². The van der Waals surface area contributed by atoms with Gasteiger partial charge >= 0.3 is 0 Å². The summed E-state index contributed by atoms with van der Waals surface area (Å²) in [6.45, 7) is 3.29. The van der Waals surface area contributed by atoms with Crippen LogP contribution in [0.25, 0.3) is 0 Å². The molecule has 3 rings (SSSR count). The second kappa shape index (κ2) is 8.53. The Bertz CT molecular complexity index is 701. The number of carbonyl (C=O) groups excluding carboxylic acids is 1. The number of hydrogen-bond donors (Lipinski definition) is 1. The van der Waals surface area contributed by atoms with Crippen molar-refractivity contribution in [3.05, 3.63) is 29.8 Å². The minimum atomic E-state index is -3.42. The van der Waals surface area contributed by atoms with E-state index in [1.807, 2.05) is 17.0 Å². The topological polar surface area (TPSA) is 66.5 Å². The standard InChI is InChI=1S/C20H30N2O3S/c1-16(23)22-13-11-18(12-14-22)15-17-7-9-20(10-8-17)26(24,25)21-19-5-3-2-4-6-19/h7-10,18-19,21H,2-6,11-15H2,1H3. The highest BCUT2D eigenvalue weighted by Gasteiger charge is 2.23. The van der Waals surface area contributed by atoms with Gasteiger partial charge in [-0.15, -0.1) is 0 Å². The molecule has 1 aliphatic carbocycles. The van der Waals surface area contributed by atoms with Crippen LogP contribution in [0.1, 0.15) is 57.4 Å². The van der Waals surface area contributed by atoms with Crippen molar-refractivity contribution in [1.29, 1.82) is 0 Å². The molecule has 0 atom stereocenters. The molecule has 1 aliphatic heterocycles. The van der Waals surface area contributed by atoms with Crippen LogP contribution in [0, 0.1) is 5.92 Å². The molecule has 2 fully saturated rings. The Labute approximate surface area is 157 Å². The van der Waals surface area contributed by atoms with Crippen molar-refractivity contribution >= 4 is 15.9 Å². The zero-order valence-electron chi connectivity index (χ0n) is 15.6. The second-order valence-electron chi connectivity index (χ2n) is 7.75. The maximum atomic E-state index is 12.6. The zero-order valence-corrected chi connectivity index (χ0v) is 16.4. The number of nitrogens with zero attached hydrogens (tertiary/aromatic N) is 1.